The summed E-state index contributed by atoms with van der Waals surface area (Å²) < 4.78 is 1.87. The summed E-state index contributed by atoms with van der Waals surface area (Å²) in [5.41, 5.74) is 1.97. The predicted octanol–water partition coefficient (Wildman–Crippen LogP) is 0.774. The highest BCUT2D eigenvalue weighted by Crippen LogP contribution is 2.03. The Hall–Kier alpha value is -1.36. The normalized spacial score (nSPS) is 12.7. The van der Waals surface area contributed by atoms with E-state index in [9.17, 15) is 4.79 Å². The summed E-state index contributed by atoms with van der Waals surface area (Å²) >= 11 is 0. The fraction of sp³-hybridized carbons (Fsp3) is 0.600. The van der Waals surface area contributed by atoms with Gasteiger partial charge in [-0.25, -0.2) is 0 Å². The number of nitrogens with zero attached hydrogens (tertiary/aromatic N) is 2. The molecule has 0 aliphatic carbocycles. The summed E-state index contributed by atoms with van der Waals surface area (Å²) in [5.74, 6) is -0.839. The number of nitrogens with one attached hydrogen (secondary N) is 1. The van der Waals surface area contributed by atoms with E-state index >= 15 is 0 Å². The standard InChI is InChI=1S/C10H17N3O2/c1-4-13-9(5-7(2)12-13)6-11-8(3)10(14)15/h5,8,11H,4,6H2,1-3H3,(H,14,15)/t8-/m1/s1. The maximum atomic E-state index is 10.6. The van der Waals surface area contributed by atoms with Crippen molar-refractivity contribution >= 4 is 5.97 Å². The number of hydrogen-bond donors (Lipinski definition) is 2. The zero-order valence-electron chi connectivity index (χ0n) is 9.32. The molecule has 0 aliphatic heterocycles. The molecule has 5 heteroatoms. The van der Waals surface area contributed by atoms with Crippen LogP contribution in [0.4, 0.5) is 0 Å². The maximum absolute atomic E-state index is 10.6. The lowest BCUT2D eigenvalue weighted by Crippen LogP contribution is -2.33. The van der Waals surface area contributed by atoms with E-state index in [-0.39, 0.29) is 0 Å². The largest absolute Gasteiger partial charge is 0.480 e. The molecule has 0 bridgehead atoms. The van der Waals surface area contributed by atoms with Crippen molar-refractivity contribution in [2.24, 2.45) is 0 Å². The first-order chi connectivity index (χ1) is 7.04. The van der Waals surface area contributed by atoms with Gasteiger partial charge in [0.05, 0.1) is 11.4 Å². The quantitative estimate of drug-likeness (QED) is 0.755. The van der Waals surface area contributed by atoms with Gasteiger partial charge in [0.15, 0.2) is 0 Å². The average Bonchev–Trinajstić information content (AvgIpc) is 2.55. The van der Waals surface area contributed by atoms with Crippen LogP contribution < -0.4 is 5.32 Å². The van der Waals surface area contributed by atoms with Crippen molar-refractivity contribution in [2.75, 3.05) is 0 Å². The average molecular weight is 211 g/mol. The molecule has 0 saturated heterocycles. The molecule has 5 nitrogen and oxygen atoms in total. The number of aromatic nitrogens is 2. The van der Waals surface area contributed by atoms with Gasteiger partial charge in [-0.05, 0) is 26.8 Å². The van der Waals surface area contributed by atoms with E-state index in [0.717, 1.165) is 17.9 Å². The number of carboxylic acids is 1. The lowest BCUT2D eigenvalue weighted by atomic mass is 10.3. The molecule has 2 N–H and O–H groups in total. The van der Waals surface area contributed by atoms with Gasteiger partial charge in [-0.15, -0.1) is 0 Å². The van der Waals surface area contributed by atoms with Crippen LogP contribution in [0.15, 0.2) is 6.07 Å². The third kappa shape index (κ3) is 3.06. The third-order valence-corrected chi connectivity index (χ3v) is 2.24. The smallest absolute Gasteiger partial charge is 0.320 e. The van der Waals surface area contributed by atoms with Crippen LogP contribution in [0.3, 0.4) is 0 Å². The summed E-state index contributed by atoms with van der Waals surface area (Å²) in [4.78, 5) is 10.6. The van der Waals surface area contributed by atoms with Gasteiger partial charge in [0, 0.05) is 13.1 Å². The van der Waals surface area contributed by atoms with Crippen molar-refractivity contribution in [3.63, 3.8) is 0 Å². The molecule has 0 saturated carbocycles. The van der Waals surface area contributed by atoms with Crippen molar-refractivity contribution in [1.82, 2.24) is 15.1 Å². The van der Waals surface area contributed by atoms with E-state index in [0.29, 0.717) is 6.54 Å². The van der Waals surface area contributed by atoms with E-state index in [2.05, 4.69) is 10.4 Å². The van der Waals surface area contributed by atoms with Crippen molar-refractivity contribution in [3.05, 3.63) is 17.5 Å². The number of aryl methyl sites for hydroxylation is 2. The molecule has 0 radical (unpaired) electrons. The summed E-state index contributed by atoms with van der Waals surface area (Å²) in [5, 5.41) is 15.9. The van der Waals surface area contributed by atoms with Gasteiger partial charge in [-0.1, -0.05) is 0 Å². The molecule has 84 valence electrons. The zero-order valence-corrected chi connectivity index (χ0v) is 9.32. The van der Waals surface area contributed by atoms with Crippen LogP contribution in [0, 0.1) is 6.92 Å². The lowest BCUT2D eigenvalue weighted by molar-refractivity contribution is -0.139. The molecule has 0 unspecified atom stereocenters. The Morgan fingerprint density at radius 3 is 2.93 bits per heavy atom. The SMILES string of the molecule is CCn1nc(C)cc1CN[C@H](C)C(=O)O. The van der Waals surface area contributed by atoms with Crippen LogP contribution in [-0.4, -0.2) is 26.9 Å². The minimum Gasteiger partial charge on any atom is -0.480 e. The minimum atomic E-state index is -0.839. The maximum Gasteiger partial charge on any atom is 0.320 e. The Morgan fingerprint density at radius 1 is 1.73 bits per heavy atom. The fourth-order valence-corrected chi connectivity index (χ4v) is 1.36. The van der Waals surface area contributed by atoms with Gasteiger partial charge in [0.2, 0.25) is 0 Å². The van der Waals surface area contributed by atoms with Gasteiger partial charge in [-0.2, -0.15) is 5.10 Å². The molecule has 0 aromatic carbocycles. The van der Waals surface area contributed by atoms with E-state index in [1.807, 2.05) is 24.6 Å². The molecule has 0 aliphatic rings. The zero-order chi connectivity index (χ0) is 11.4. The van der Waals surface area contributed by atoms with Crippen molar-refractivity contribution in [1.29, 1.82) is 0 Å². The van der Waals surface area contributed by atoms with Gasteiger partial charge in [0.25, 0.3) is 0 Å². The second-order valence-corrected chi connectivity index (χ2v) is 3.53. The molecule has 0 spiro atoms. The molecule has 0 fully saturated rings. The first-order valence-electron chi connectivity index (χ1n) is 5.04. The highest BCUT2D eigenvalue weighted by Gasteiger charge is 2.11. The van der Waals surface area contributed by atoms with Gasteiger partial charge < -0.3 is 5.11 Å². The van der Waals surface area contributed by atoms with Gasteiger partial charge in [-0.3, -0.25) is 14.8 Å². The Balaban J connectivity index is 2.60. The topological polar surface area (TPSA) is 67.2 Å². The summed E-state index contributed by atoms with van der Waals surface area (Å²) in [6, 6.07) is 1.43. The molecule has 1 aromatic rings. The molecule has 1 aromatic heterocycles. The van der Waals surface area contributed by atoms with Crippen LogP contribution >= 0.6 is 0 Å². The van der Waals surface area contributed by atoms with E-state index in [1.165, 1.54) is 0 Å². The molecule has 0 amide bonds. The van der Waals surface area contributed by atoms with Crippen molar-refractivity contribution in [3.8, 4) is 0 Å². The second kappa shape index (κ2) is 4.93. The Labute approximate surface area is 89.1 Å². The molecular weight excluding hydrogens is 194 g/mol. The van der Waals surface area contributed by atoms with E-state index < -0.39 is 12.0 Å². The molecule has 1 rings (SSSR count). The predicted molar refractivity (Wildman–Crippen MR) is 56.6 cm³/mol. The van der Waals surface area contributed by atoms with E-state index in [4.69, 9.17) is 5.11 Å². The van der Waals surface area contributed by atoms with Crippen molar-refractivity contribution in [2.45, 2.75) is 39.9 Å². The molecule has 1 atom stereocenters. The van der Waals surface area contributed by atoms with Crippen LogP contribution in [0.2, 0.25) is 0 Å². The molecule has 15 heavy (non-hydrogen) atoms. The summed E-state index contributed by atoms with van der Waals surface area (Å²) in [7, 11) is 0. The Bertz CT molecular complexity index is 346. The number of hydrogen-bond acceptors (Lipinski definition) is 3. The molecule has 1 heterocycles. The Kier molecular flexibility index (Phi) is 3.85. The number of carboxylic acid groups (broad SMARTS) is 1. The highest BCUT2D eigenvalue weighted by molar-refractivity contribution is 5.72. The first-order valence-corrected chi connectivity index (χ1v) is 5.04. The number of carbonyl (C=O) groups is 1. The van der Waals surface area contributed by atoms with Gasteiger partial charge in [0.1, 0.15) is 6.04 Å². The lowest BCUT2D eigenvalue weighted by Gasteiger charge is -2.09. The molecular formula is C10H17N3O2. The number of rotatable bonds is 5. The third-order valence-electron chi connectivity index (χ3n) is 2.24. The summed E-state index contributed by atoms with van der Waals surface area (Å²) in [6.07, 6.45) is 0. The van der Waals surface area contributed by atoms with Gasteiger partial charge >= 0.3 is 5.97 Å². The van der Waals surface area contributed by atoms with Crippen LogP contribution in [-0.2, 0) is 17.9 Å². The second-order valence-electron chi connectivity index (χ2n) is 3.53. The summed E-state index contributed by atoms with van der Waals surface area (Å²) in [6.45, 7) is 6.89. The first kappa shape index (κ1) is 11.7. The van der Waals surface area contributed by atoms with E-state index in [1.54, 1.807) is 6.92 Å². The number of aliphatic carboxylic acids is 1. The van der Waals surface area contributed by atoms with Crippen LogP contribution in [0.1, 0.15) is 25.2 Å². The highest BCUT2D eigenvalue weighted by atomic mass is 16.4. The van der Waals surface area contributed by atoms with Crippen LogP contribution in [0.5, 0.6) is 0 Å². The minimum absolute atomic E-state index is 0.530. The fourth-order valence-electron chi connectivity index (χ4n) is 1.36. The monoisotopic (exact) mass is 211 g/mol. The Morgan fingerprint density at radius 2 is 2.40 bits per heavy atom. The van der Waals surface area contributed by atoms with Crippen molar-refractivity contribution < 1.29 is 9.90 Å². The van der Waals surface area contributed by atoms with Crippen LogP contribution in [0.25, 0.3) is 0 Å².